The Balaban J connectivity index is 1.81. The van der Waals surface area contributed by atoms with Crippen LogP contribution in [-0.2, 0) is 4.79 Å². The number of anilines is 1. The van der Waals surface area contributed by atoms with Crippen molar-refractivity contribution in [1.82, 2.24) is 0 Å². The lowest BCUT2D eigenvalue weighted by atomic mass is 9.67. The summed E-state index contributed by atoms with van der Waals surface area (Å²) in [4.78, 5) is 15.1. The van der Waals surface area contributed by atoms with E-state index in [1.807, 2.05) is 66.7 Å². The highest BCUT2D eigenvalue weighted by molar-refractivity contribution is 6.09. The first kappa shape index (κ1) is 20.7. The lowest BCUT2D eigenvalue weighted by molar-refractivity contribution is -0.156. The summed E-state index contributed by atoms with van der Waals surface area (Å²) < 4.78 is 10.5. The molecule has 1 saturated heterocycles. The number of aliphatic hydroxyl groups is 1. The van der Waals surface area contributed by atoms with Crippen LogP contribution < -0.4 is 14.4 Å². The van der Waals surface area contributed by atoms with Gasteiger partial charge in [0.05, 0.1) is 14.2 Å². The summed E-state index contributed by atoms with van der Waals surface area (Å²) in [5.74, 6) is 0.466. The molecule has 5 heteroatoms. The van der Waals surface area contributed by atoms with E-state index in [-0.39, 0.29) is 5.91 Å². The minimum atomic E-state index is -1.67. The number of benzene rings is 3. The van der Waals surface area contributed by atoms with Crippen molar-refractivity contribution in [2.75, 3.05) is 19.1 Å². The first-order chi connectivity index (χ1) is 15.0. The molecule has 3 aromatic carbocycles. The molecule has 1 N–H and O–H groups in total. The molecule has 1 heterocycles. The van der Waals surface area contributed by atoms with Gasteiger partial charge in [0.15, 0.2) is 5.60 Å². The van der Waals surface area contributed by atoms with E-state index in [4.69, 9.17) is 9.47 Å². The predicted octanol–water partition coefficient (Wildman–Crippen LogP) is 4.49. The summed E-state index contributed by atoms with van der Waals surface area (Å²) in [7, 11) is 3.20. The molecule has 0 unspecified atom stereocenters. The molecule has 0 aliphatic carbocycles. The second kappa shape index (κ2) is 8.28. The Labute approximate surface area is 182 Å². The van der Waals surface area contributed by atoms with Crippen LogP contribution in [0.3, 0.4) is 0 Å². The standard InChI is InChI=1S/C26H25NO4/c1-4-23(18-8-6-5-7-9-18)26(29)24(19-10-14-21(30-2)15-11-19)27(25(26)28)20-12-16-22(31-3)17-13-20/h4-17,23-24,29H,1H2,2-3H3/t23-,24-,26+/m1/s1. The van der Waals surface area contributed by atoms with E-state index in [2.05, 4.69) is 6.58 Å². The summed E-state index contributed by atoms with van der Waals surface area (Å²) in [6, 6.07) is 23.5. The van der Waals surface area contributed by atoms with Gasteiger partial charge in [0.2, 0.25) is 0 Å². The van der Waals surface area contributed by atoms with Crippen molar-refractivity contribution in [1.29, 1.82) is 0 Å². The zero-order valence-electron chi connectivity index (χ0n) is 17.6. The molecule has 1 aliphatic rings. The fourth-order valence-electron chi connectivity index (χ4n) is 4.29. The maximum absolute atomic E-state index is 13.5. The lowest BCUT2D eigenvalue weighted by Gasteiger charge is -2.55. The number of carbonyl (C=O) groups excluding carboxylic acids is 1. The predicted molar refractivity (Wildman–Crippen MR) is 121 cm³/mol. The number of methoxy groups -OCH3 is 2. The monoisotopic (exact) mass is 415 g/mol. The maximum Gasteiger partial charge on any atom is 0.263 e. The molecule has 0 spiro atoms. The molecule has 0 bridgehead atoms. The summed E-state index contributed by atoms with van der Waals surface area (Å²) in [6.45, 7) is 3.93. The summed E-state index contributed by atoms with van der Waals surface area (Å²) in [5, 5.41) is 11.8. The van der Waals surface area contributed by atoms with Crippen molar-refractivity contribution in [3.8, 4) is 11.5 Å². The van der Waals surface area contributed by atoms with Crippen molar-refractivity contribution in [2.24, 2.45) is 0 Å². The minimum absolute atomic E-state index is 0.368. The second-order valence-electron chi connectivity index (χ2n) is 7.50. The van der Waals surface area contributed by atoms with Crippen molar-refractivity contribution in [3.63, 3.8) is 0 Å². The number of carbonyl (C=O) groups is 1. The van der Waals surface area contributed by atoms with Crippen LogP contribution in [0.25, 0.3) is 0 Å². The van der Waals surface area contributed by atoms with E-state index in [1.54, 1.807) is 37.3 Å². The maximum atomic E-state index is 13.5. The van der Waals surface area contributed by atoms with Gasteiger partial charge in [-0.25, -0.2) is 0 Å². The van der Waals surface area contributed by atoms with Gasteiger partial charge in [-0.15, -0.1) is 6.58 Å². The molecule has 3 aromatic rings. The summed E-state index contributed by atoms with van der Waals surface area (Å²) >= 11 is 0. The average Bonchev–Trinajstić information content (AvgIpc) is 2.83. The van der Waals surface area contributed by atoms with Crippen LogP contribution in [0.15, 0.2) is 91.5 Å². The Morgan fingerprint density at radius 3 is 2.00 bits per heavy atom. The van der Waals surface area contributed by atoms with Crippen LogP contribution in [0.4, 0.5) is 5.69 Å². The van der Waals surface area contributed by atoms with Gasteiger partial charge in [0.25, 0.3) is 5.91 Å². The Kier molecular flexibility index (Phi) is 5.53. The number of β-lactam (4-membered cyclic amide) rings is 1. The summed E-state index contributed by atoms with van der Waals surface area (Å²) in [6.07, 6.45) is 1.65. The van der Waals surface area contributed by atoms with E-state index in [1.165, 1.54) is 0 Å². The van der Waals surface area contributed by atoms with Crippen molar-refractivity contribution >= 4 is 11.6 Å². The third-order valence-electron chi connectivity index (χ3n) is 5.89. The van der Waals surface area contributed by atoms with Crippen LogP contribution in [0.2, 0.25) is 0 Å². The van der Waals surface area contributed by atoms with Gasteiger partial charge in [0, 0.05) is 11.6 Å². The van der Waals surface area contributed by atoms with Crippen LogP contribution in [0.5, 0.6) is 11.5 Å². The quantitative estimate of drug-likeness (QED) is 0.456. The van der Waals surface area contributed by atoms with Gasteiger partial charge in [-0.3, -0.25) is 9.69 Å². The molecular formula is C26H25NO4. The molecule has 5 nitrogen and oxygen atoms in total. The molecule has 158 valence electrons. The van der Waals surface area contributed by atoms with Crippen molar-refractivity contribution in [2.45, 2.75) is 17.6 Å². The van der Waals surface area contributed by atoms with Crippen LogP contribution in [0, 0.1) is 0 Å². The topological polar surface area (TPSA) is 59.0 Å². The lowest BCUT2D eigenvalue weighted by Crippen LogP contribution is -2.71. The van der Waals surface area contributed by atoms with Crippen LogP contribution in [0.1, 0.15) is 23.1 Å². The zero-order valence-corrected chi connectivity index (χ0v) is 17.6. The highest BCUT2D eigenvalue weighted by atomic mass is 16.5. The van der Waals surface area contributed by atoms with Gasteiger partial charge in [-0.05, 0) is 47.5 Å². The third-order valence-corrected chi connectivity index (χ3v) is 5.89. The average molecular weight is 415 g/mol. The normalized spacial score (nSPS) is 21.2. The van der Waals surface area contributed by atoms with E-state index in [0.29, 0.717) is 17.2 Å². The fourth-order valence-corrected chi connectivity index (χ4v) is 4.29. The molecule has 1 fully saturated rings. The molecule has 0 aromatic heterocycles. The van der Waals surface area contributed by atoms with Gasteiger partial charge >= 0.3 is 0 Å². The molecule has 3 atom stereocenters. The fraction of sp³-hybridized carbons (Fsp3) is 0.192. The van der Waals surface area contributed by atoms with Gasteiger partial charge < -0.3 is 14.6 Å². The molecule has 0 radical (unpaired) electrons. The van der Waals surface area contributed by atoms with Gasteiger partial charge in [-0.2, -0.15) is 0 Å². The van der Waals surface area contributed by atoms with Crippen molar-refractivity contribution < 1.29 is 19.4 Å². The second-order valence-corrected chi connectivity index (χ2v) is 7.50. The Bertz CT molecular complexity index is 1060. The number of nitrogens with zero attached hydrogens (tertiary/aromatic N) is 1. The number of rotatable bonds is 7. The Morgan fingerprint density at radius 1 is 0.935 bits per heavy atom. The Morgan fingerprint density at radius 2 is 1.48 bits per heavy atom. The minimum Gasteiger partial charge on any atom is -0.497 e. The molecule has 0 saturated carbocycles. The first-order valence-electron chi connectivity index (χ1n) is 10.1. The highest BCUT2D eigenvalue weighted by Crippen LogP contribution is 2.53. The highest BCUT2D eigenvalue weighted by Gasteiger charge is 2.64. The molecule has 31 heavy (non-hydrogen) atoms. The number of hydrogen-bond acceptors (Lipinski definition) is 4. The third kappa shape index (κ3) is 3.37. The van der Waals surface area contributed by atoms with E-state index in [9.17, 15) is 9.90 Å². The molecule has 1 amide bonds. The SMILES string of the molecule is C=C[C@H](c1ccccc1)[C@@]1(O)C(=O)N(c2ccc(OC)cc2)[C@@H]1c1ccc(OC)cc1. The first-order valence-corrected chi connectivity index (χ1v) is 10.1. The van der Waals surface area contributed by atoms with Crippen LogP contribution >= 0.6 is 0 Å². The van der Waals surface area contributed by atoms with Gasteiger partial charge in [0.1, 0.15) is 17.5 Å². The molecule has 1 aliphatic heterocycles. The van der Waals surface area contributed by atoms with E-state index in [0.717, 1.165) is 11.1 Å². The Hall–Kier alpha value is -3.57. The van der Waals surface area contributed by atoms with Crippen LogP contribution in [-0.4, -0.2) is 30.8 Å². The van der Waals surface area contributed by atoms with Gasteiger partial charge in [-0.1, -0.05) is 48.5 Å². The zero-order chi connectivity index (χ0) is 22.0. The van der Waals surface area contributed by atoms with E-state index >= 15 is 0 Å². The number of hydrogen-bond donors (Lipinski definition) is 1. The number of ether oxygens (including phenoxy) is 2. The molecule has 4 rings (SSSR count). The number of amides is 1. The largest absolute Gasteiger partial charge is 0.497 e. The summed E-state index contributed by atoms with van der Waals surface area (Å²) in [5.41, 5.74) is 0.660. The smallest absolute Gasteiger partial charge is 0.263 e. The van der Waals surface area contributed by atoms with E-state index < -0.39 is 17.6 Å². The molecular weight excluding hydrogens is 390 g/mol. The van der Waals surface area contributed by atoms with Crippen molar-refractivity contribution in [3.05, 3.63) is 103 Å².